The lowest BCUT2D eigenvalue weighted by Crippen LogP contribution is -2.42. The highest BCUT2D eigenvalue weighted by Crippen LogP contribution is 2.25. The Kier molecular flexibility index (Phi) is 4.71. The zero-order chi connectivity index (χ0) is 14.5. The highest BCUT2D eigenvalue weighted by molar-refractivity contribution is 5.96. The molecule has 2 rings (SSSR count). The number of rotatable bonds is 4. The first-order valence-corrected chi connectivity index (χ1v) is 6.76. The smallest absolute Gasteiger partial charge is 0.325 e. The van der Waals surface area contributed by atoms with Crippen LogP contribution in [0.1, 0.15) is 36.0 Å². The first-order chi connectivity index (χ1) is 9.63. The minimum absolute atomic E-state index is 0.00306. The van der Waals surface area contributed by atoms with Crippen molar-refractivity contribution in [2.45, 2.75) is 31.7 Å². The summed E-state index contributed by atoms with van der Waals surface area (Å²) >= 11 is 0. The molecule has 1 aliphatic carbocycles. The van der Waals surface area contributed by atoms with Crippen LogP contribution in [0.3, 0.4) is 0 Å². The molecule has 5 heteroatoms. The van der Waals surface area contributed by atoms with E-state index in [0.717, 1.165) is 25.7 Å². The molecule has 4 nitrogen and oxygen atoms in total. The van der Waals surface area contributed by atoms with Gasteiger partial charge in [0.1, 0.15) is 12.4 Å². The lowest BCUT2D eigenvalue weighted by atomic mass is 10.1. The maximum atomic E-state index is 13.7. The van der Waals surface area contributed by atoms with Gasteiger partial charge in [0.05, 0.1) is 12.7 Å². The first kappa shape index (κ1) is 14.5. The summed E-state index contributed by atoms with van der Waals surface area (Å²) in [6.45, 7) is -0.131. The normalized spacial score (nSPS) is 15.1. The van der Waals surface area contributed by atoms with Gasteiger partial charge in [-0.2, -0.15) is 0 Å². The van der Waals surface area contributed by atoms with Crippen LogP contribution in [-0.4, -0.2) is 36.5 Å². The lowest BCUT2D eigenvalue weighted by molar-refractivity contribution is -0.141. The van der Waals surface area contributed by atoms with Crippen molar-refractivity contribution in [1.29, 1.82) is 0 Å². The third-order valence-corrected chi connectivity index (χ3v) is 3.66. The summed E-state index contributed by atoms with van der Waals surface area (Å²) in [5, 5.41) is 0. The molecule has 0 bridgehead atoms. The predicted octanol–water partition coefficient (Wildman–Crippen LogP) is 2.38. The Labute approximate surface area is 117 Å². The molecule has 0 heterocycles. The second kappa shape index (κ2) is 6.50. The molecule has 1 saturated carbocycles. The van der Waals surface area contributed by atoms with Gasteiger partial charge < -0.3 is 9.64 Å². The quantitative estimate of drug-likeness (QED) is 0.795. The molecular weight excluding hydrogens is 261 g/mol. The van der Waals surface area contributed by atoms with Gasteiger partial charge >= 0.3 is 5.97 Å². The number of carbonyl (C=O) groups is 2. The van der Waals surface area contributed by atoms with Gasteiger partial charge in [-0.25, -0.2) is 4.39 Å². The molecule has 108 valence electrons. The van der Waals surface area contributed by atoms with Gasteiger partial charge in [0.2, 0.25) is 0 Å². The fourth-order valence-corrected chi connectivity index (χ4v) is 2.58. The van der Waals surface area contributed by atoms with E-state index in [9.17, 15) is 14.0 Å². The minimum Gasteiger partial charge on any atom is -0.468 e. The van der Waals surface area contributed by atoms with Crippen LogP contribution in [0.15, 0.2) is 24.3 Å². The molecule has 0 spiro atoms. The number of hydrogen-bond acceptors (Lipinski definition) is 3. The molecule has 1 aromatic rings. The molecule has 1 aromatic carbocycles. The summed E-state index contributed by atoms with van der Waals surface area (Å²) in [5.74, 6) is -1.49. The number of ether oxygens (including phenoxy) is 1. The molecule has 20 heavy (non-hydrogen) atoms. The number of hydrogen-bond donors (Lipinski definition) is 0. The lowest BCUT2D eigenvalue weighted by Gasteiger charge is -2.28. The fraction of sp³-hybridized carbons (Fsp3) is 0.467. The Hall–Kier alpha value is -1.91. The number of amides is 1. The summed E-state index contributed by atoms with van der Waals surface area (Å²) in [5.41, 5.74) is 0.00306. The van der Waals surface area contributed by atoms with Crippen molar-refractivity contribution >= 4 is 11.9 Å². The molecule has 0 aromatic heterocycles. The van der Waals surface area contributed by atoms with Crippen LogP contribution in [0.2, 0.25) is 0 Å². The second-order valence-corrected chi connectivity index (χ2v) is 4.93. The van der Waals surface area contributed by atoms with Crippen molar-refractivity contribution in [3.05, 3.63) is 35.6 Å². The Morgan fingerprint density at radius 1 is 1.30 bits per heavy atom. The van der Waals surface area contributed by atoms with Gasteiger partial charge in [-0.3, -0.25) is 9.59 Å². The van der Waals surface area contributed by atoms with Crippen molar-refractivity contribution in [3.63, 3.8) is 0 Å². The number of halogens is 1. The maximum Gasteiger partial charge on any atom is 0.325 e. The average molecular weight is 279 g/mol. The van der Waals surface area contributed by atoms with Crippen LogP contribution < -0.4 is 0 Å². The summed E-state index contributed by atoms with van der Waals surface area (Å²) in [7, 11) is 1.28. The van der Waals surface area contributed by atoms with Crippen LogP contribution >= 0.6 is 0 Å². The van der Waals surface area contributed by atoms with E-state index in [4.69, 9.17) is 0 Å². The Morgan fingerprint density at radius 2 is 1.95 bits per heavy atom. The van der Waals surface area contributed by atoms with Crippen molar-refractivity contribution in [3.8, 4) is 0 Å². The molecule has 0 radical (unpaired) electrons. The van der Waals surface area contributed by atoms with Gasteiger partial charge in [-0.1, -0.05) is 25.0 Å². The third-order valence-electron chi connectivity index (χ3n) is 3.66. The van der Waals surface area contributed by atoms with Gasteiger partial charge in [0.25, 0.3) is 5.91 Å². The van der Waals surface area contributed by atoms with Crippen LogP contribution in [0.4, 0.5) is 4.39 Å². The van der Waals surface area contributed by atoms with Gasteiger partial charge in [-0.05, 0) is 25.0 Å². The van der Waals surface area contributed by atoms with Gasteiger partial charge in [0, 0.05) is 6.04 Å². The number of methoxy groups -OCH3 is 1. The van der Waals surface area contributed by atoms with Crippen LogP contribution in [0.5, 0.6) is 0 Å². The molecule has 1 aliphatic rings. The van der Waals surface area contributed by atoms with E-state index in [1.165, 1.54) is 30.2 Å². The van der Waals surface area contributed by atoms with Crippen LogP contribution in [0.25, 0.3) is 0 Å². The van der Waals surface area contributed by atoms with Crippen molar-refractivity contribution in [2.75, 3.05) is 13.7 Å². The van der Waals surface area contributed by atoms with E-state index in [1.807, 2.05) is 0 Å². The zero-order valence-corrected chi connectivity index (χ0v) is 11.5. The molecule has 0 atom stereocenters. The molecule has 0 saturated heterocycles. The summed E-state index contributed by atoms with van der Waals surface area (Å²) in [4.78, 5) is 25.4. The van der Waals surface area contributed by atoms with E-state index in [2.05, 4.69) is 4.74 Å². The maximum absolute atomic E-state index is 13.7. The van der Waals surface area contributed by atoms with Gasteiger partial charge in [0.15, 0.2) is 0 Å². The van der Waals surface area contributed by atoms with E-state index in [1.54, 1.807) is 6.07 Å². The topological polar surface area (TPSA) is 46.6 Å². The molecular formula is C15H18FNO3. The number of benzene rings is 1. The SMILES string of the molecule is COC(=O)CN(C(=O)c1ccccc1F)C1CCCC1. The Balaban J connectivity index is 2.23. The number of esters is 1. The van der Waals surface area contributed by atoms with Crippen molar-refractivity contribution in [1.82, 2.24) is 4.90 Å². The Bertz CT molecular complexity index is 498. The van der Waals surface area contributed by atoms with Crippen molar-refractivity contribution in [2.24, 2.45) is 0 Å². The number of carbonyl (C=O) groups excluding carboxylic acids is 2. The Morgan fingerprint density at radius 3 is 2.55 bits per heavy atom. The monoisotopic (exact) mass is 279 g/mol. The van der Waals surface area contributed by atoms with E-state index < -0.39 is 17.7 Å². The minimum atomic E-state index is -0.564. The molecule has 0 unspecified atom stereocenters. The summed E-state index contributed by atoms with van der Waals surface area (Å²) < 4.78 is 18.4. The molecule has 1 amide bonds. The van der Waals surface area contributed by atoms with E-state index in [-0.39, 0.29) is 18.2 Å². The van der Waals surface area contributed by atoms with Crippen LogP contribution in [-0.2, 0) is 9.53 Å². The van der Waals surface area contributed by atoms with Crippen molar-refractivity contribution < 1.29 is 18.7 Å². The predicted molar refractivity (Wildman–Crippen MR) is 71.7 cm³/mol. The average Bonchev–Trinajstić information content (AvgIpc) is 2.98. The standard InChI is InChI=1S/C15H18FNO3/c1-20-14(18)10-17(11-6-2-3-7-11)15(19)12-8-4-5-9-13(12)16/h4-5,8-9,11H,2-3,6-7,10H2,1H3. The third kappa shape index (κ3) is 3.15. The zero-order valence-electron chi connectivity index (χ0n) is 11.5. The molecule has 1 fully saturated rings. The second-order valence-electron chi connectivity index (χ2n) is 4.93. The highest BCUT2D eigenvalue weighted by atomic mass is 19.1. The van der Waals surface area contributed by atoms with Gasteiger partial charge in [-0.15, -0.1) is 0 Å². The van der Waals surface area contributed by atoms with E-state index in [0.29, 0.717) is 0 Å². The first-order valence-electron chi connectivity index (χ1n) is 6.76. The van der Waals surface area contributed by atoms with E-state index >= 15 is 0 Å². The fourth-order valence-electron chi connectivity index (χ4n) is 2.58. The highest BCUT2D eigenvalue weighted by Gasteiger charge is 2.30. The molecule has 0 N–H and O–H groups in total. The van der Waals surface area contributed by atoms with Crippen LogP contribution in [0, 0.1) is 5.82 Å². The number of nitrogens with zero attached hydrogens (tertiary/aromatic N) is 1. The largest absolute Gasteiger partial charge is 0.468 e. The summed E-state index contributed by atoms with van der Waals surface area (Å²) in [6.07, 6.45) is 3.73. The molecule has 0 aliphatic heterocycles. The summed E-state index contributed by atoms with van der Waals surface area (Å²) in [6, 6.07) is 5.82.